The van der Waals surface area contributed by atoms with Crippen LogP contribution in [0.3, 0.4) is 0 Å². The van der Waals surface area contributed by atoms with Crippen molar-refractivity contribution in [1.82, 2.24) is 23.8 Å². The van der Waals surface area contributed by atoms with Gasteiger partial charge in [-0.05, 0) is 80.1 Å². The van der Waals surface area contributed by atoms with Crippen LogP contribution in [0.25, 0.3) is 28.2 Å². The molecule has 45 heavy (non-hydrogen) atoms. The third-order valence-corrected chi connectivity index (χ3v) is 10.8. The van der Waals surface area contributed by atoms with Crippen LogP contribution in [0.15, 0.2) is 42.0 Å². The van der Waals surface area contributed by atoms with Crippen LogP contribution < -0.4 is 14.8 Å². The summed E-state index contributed by atoms with van der Waals surface area (Å²) in [4.78, 5) is 29.4. The minimum absolute atomic E-state index is 0.0103. The van der Waals surface area contributed by atoms with Gasteiger partial charge in [0.25, 0.3) is 11.8 Å². The fourth-order valence-electron chi connectivity index (χ4n) is 7.28. The van der Waals surface area contributed by atoms with Gasteiger partial charge in [-0.25, -0.2) is 4.72 Å². The van der Waals surface area contributed by atoms with E-state index in [1.807, 2.05) is 29.2 Å². The molecule has 2 fully saturated rings. The van der Waals surface area contributed by atoms with E-state index in [0.717, 1.165) is 57.7 Å². The van der Waals surface area contributed by atoms with Gasteiger partial charge in [0.15, 0.2) is 0 Å². The molecule has 1 saturated heterocycles. The molecule has 3 heterocycles. The van der Waals surface area contributed by atoms with Crippen LogP contribution in [0.5, 0.6) is 5.75 Å². The highest BCUT2D eigenvalue weighted by atomic mass is 32.2. The number of ether oxygens (including phenoxy) is 1. The number of amides is 2. The van der Waals surface area contributed by atoms with E-state index < -0.39 is 16.1 Å². The Balaban J connectivity index is 1.55. The number of nitrogens with one attached hydrogen (secondary N) is 2. The standard InChI is InChI=1S/C34H43N5O5S/c1-21-18-38(19-22(2)35-21)34(41)26-15-25-16-27(44-5)12-14-28(25)32-31(23-9-7-6-8-10-23)29-13-11-24(17-30(29)39(32)20-26)33(40)36-45(42,43)37(3)4/h11-17,21-23,35H,6-10,18-20H2,1-5H3,(H,36,40)/t21-,22+. The van der Waals surface area contributed by atoms with Gasteiger partial charge in [0.05, 0.1) is 19.3 Å². The lowest BCUT2D eigenvalue weighted by Gasteiger charge is -2.36. The molecule has 2 amide bonds. The summed E-state index contributed by atoms with van der Waals surface area (Å²) in [7, 11) is 0.421. The SMILES string of the molecule is COc1ccc2c(c1)C=C(C(=O)N1C[C@@H](C)N[C@@H](C)C1)Cn1c-2c(C2CCCCC2)c2ccc(C(=O)NS(=O)(=O)N(C)C)cc21. The smallest absolute Gasteiger partial charge is 0.303 e. The highest BCUT2D eigenvalue weighted by molar-refractivity contribution is 7.87. The molecule has 0 unspecified atom stereocenters. The molecule has 10 nitrogen and oxygen atoms in total. The molecule has 2 aliphatic heterocycles. The Kier molecular flexibility index (Phi) is 8.53. The minimum atomic E-state index is -3.97. The van der Waals surface area contributed by atoms with Gasteiger partial charge in [0.1, 0.15) is 5.75 Å². The van der Waals surface area contributed by atoms with E-state index in [0.29, 0.717) is 36.9 Å². The molecule has 3 aliphatic rings. The van der Waals surface area contributed by atoms with E-state index in [1.165, 1.54) is 26.1 Å². The van der Waals surface area contributed by atoms with Crippen LogP contribution in [0.4, 0.5) is 0 Å². The Bertz CT molecular complexity index is 1780. The zero-order valence-corrected chi connectivity index (χ0v) is 27.5. The van der Waals surface area contributed by atoms with Gasteiger partial charge < -0.3 is 19.5 Å². The predicted octanol–water partition coefficient (Wildman–Crippen LogP) is 4.51. The Morgan fingerprint density at radius 2 is 1.71 bits per heavy atom. The molecule has 2 aromatic carbocycles. The number of aromatic nitrogens is 1. The molecule has 1 saturated carbocycles. The molecular formula is C34H43N5O5S. The van der Waals surface area contributed by atoms with Crippen LogP contribution >= 0.6 is 0 Å². The maximum absolute atomic E-state index is 14.3. The van der Waals surface area contributed by atoms with Crippen molar-refractivity contribution in [3.05, 3.63) is 58.7 Å². The van der Waals surface area contributed by atoms with Crippen molar-refractivity contribution in [2.75, 3.05) is 34.3 Å². The molecule has 240 valence electrons. The maximum Gasteiger partial charge on any atom is 0.303 e. The fraction of sp³-hybridized carbons (Fsp3) is 0.471. The number of fused-ring (bicyclic) bond motifs is 5. The van der Waals surface area contributed by atoms with Gasteiger partial charge >= 0.3 is 10.2 Å². The first-order chi connectivity index (χ1) is 21.5. The monoisotopic (exact) mass is 633 g/mol. The number of carbonyl (C=O) groups is 2. The van der Waals surface area contributed by atoms with E-state index in [2.05, 4.69) is 34.5 Å². The van der Waals surface area contributed by atoms with E-state index in [1.54, 1.807) is 19.2 Å². The molecule has 0 spiro atoms. The quantitative estimate of drug-likeness (QED) is 0.413. The number of hydrogen-bond acceptors (Lipinski definition) is 6. The topological polar surface area (TPSA) is 113 Å². The molecule has 1 aliphatic carbocycles. The second-order valence-electron chi connectivity index (χ2n) is 12.9. The third-order valence-electron chi connectivity index (χ3n) is 9.37. The van der Waals surface area contributed by atoms with Crippen molar-refractivity contribution in [2.24, 2.45) is 0 Å². The molecule has 3 aromatic rings. The first kappa shape index (κ1) is 31.3. The molecule has 6 rings (SSSR count). The van der Waals surface area contributed by atoms with E-state index in [4.69, 9.17) is 4.74 Å². The normalized spacial score (nSPS) is 20.8. The zero-order chi connectivity index (χ0) is 32.0. The summed E-state index contributed by atoms with van der Waals surface area (Å²) >= 11 is 0. The summed E-state index contributed by atoms with van der Waals surface area (Å²) in [5.41, 5.74) is 5.92. The highest BCUT2D eigenvalue weighted by Gasteiger charge is 2.33. The Morgan fingerprint density at radius 1 is 1.00 bits per heavy atom. The summed E-state index contributed by atoms with van der Waals surface area (Å²) in [6, 6.07) is 11.8. The maximum atomic E-state index is 14.3. The van der Waals surface area contributed by atoms with Crippen molar-refractivity contribution in [2.45, 2.75) is 70.5 Å². The number of methoxy groups -OCH3 is 1. The number of hydrogen-bond donors (Lipinski definition) is 2. The molecule has 1 aromatic heterocycles. The van der Waals surface area contributed by atoms with Crippen molar-refractivity contribution < 1.29 is 22.7 Å². The Morgan fingerprint density at radius 3 is 2.38 bits per heavy atom. The molecule has 0 bridgehead atoms. The first-order valence-electron chi connectivity index (χ1n) is 15.8. The van der Waals surface area contributed by atoms with E-state index in [-0.39, 0.29) is 23.6 Å². The minimum Gasteiger partial charge on any atom is -0.497 e. The summed E-state index contributed by atoms with van der Waals surface area (Å²) < 4.78 is 35.9. The second kappa shape index (κ2) is 12.3. The molecule has 0 radical (unpaired) electrons. The number of rotatable bonds is 6. The third kappa shape index (κ3) is 6.01. The van der Waals surface area contributed by atoms with Gasteiger partial charge in [-0.2, -0.15) is 12.7 Å². The van der Waals surface area contributed by atoms with Crippen LogP contribution in [0, 0.1) is 0 Å². The van der Waals surface area contributed by atoms with Gasteiger partial charge in [-0.3, -0.25) is 9.59 Å². The summed E-state index contributed by atoms with van der Waals surface area (Å²) in [6.45, 7) is 5.73. The van der Waals surface area contributed by atoms with Gasteiger partial charge in [-0.1, -0.05) is 25.3 Å². The van der Waals surface area contributed by atoms with E-state index in [9.17, 15) is 18.0 Å². The largest absolute Gasteiger partial charge is 0.497 e. The average molecular weight is 634 g/mol. The number of nitrogens with zero attached hydrogens (tertiary/aromatic N) is 3. The van der Waals surface area contributed by atoms with E-state index >= 15 is 0 Å². The molecular weight excluding hydrogens is 590 g/mol. The lowest BCUT2D eigenvalue weighted by Crippen LogP contribution is -2.56. The van der Waals surface area contributed by atoms with Gasteiger partial charge in [-0.15, -0.1) is 0 Å². The zero-order valence-electron chi connectivity index (χ0n) is 26.7. The first-order valence-corrected chi connectivity index (χ1v) is 17.3. The van der Waals surface area contributed by atoms with Crippen molar-refractivity contribution in [3.63, 3.8) is 0 Å². The lowest BCUT2D eigenvalue weighted by atomic mass is 9.81. The molecule has 2 atom stereocenters. The molecule has 2 N–H and O–H groups in total. The van der Waals surface area contributed by atoms with Crippen LogP contribution in [-0.4, -0.2) is 80.4 Å². The van der Waals surface area contributed by atoms with Crippen molar-refractivity contribution in [3.8, 4) is 17.0 Å². The predicted molar refractivity (Wildman–Crippen MR) is 176 cm³/mol. The Labute approximate surface area is 265 Å². The lowest BCUT2D eigenvalue weighted by molar-refractivity contribution is -0.129. The summed E-state index contributed by atoms with van der Waals surface area (Å²) in [6.07, 6.45) is 7.65. The van der Waals surface area contributed by atoms with Crippen LogP contribution in [-0.2, 0) is 21.5 Å². The van der Waals surface area contributed by atoms with Gasteiger partial charge in [0, 0.05) is 66.9 Å². The Hall–Kier alpha value is -3.67. The average Bonchev–Trinajstić information content (AvgIpc) is 3.22. The van der Waals surface area contributed by atoms with Crippen LogP contribution in [0.1, 0.15) is 73.4 Å². The number of piperazine rings is 1. The molecule has 11 heteroatoms. The van der Waals surface area contributed by atoms with Crippen molar-refractivity contribution in [1.29, 1.82) is 0 Å². The van der Waals surface area contributed by atoms with Crippen molar-refractivity contribution >= 4 is 39.0 Å². The van der Waals surface area contributed by atoms with Crippen LogP contribution in [0.2, 0.25) is 0 Å². The fourth-order valence-corrected chi connectivity index (χ4v) is 7.81. The van der Waals surface area contributed by atoms with Gasteiger partial charge in [0.2, 0.25) is 0 Å². The number of carbonyl (C=O) groups excluding carboxylic acids is 2. The summed E-state index contributed by atoms with van der Waals surface area (Å²) in [5.74, 6) is 0.332. The second-order valence-corrected chi connectivity index (χ2v) is 14.8. The highest BCUT2D eigenvalue weighted by Crippen LogP contribution is 2.47. The number of benzene rings is 2. The summed E-state index contributed by atoms with van der Waals surface area (Å²) in [5, 5.41) is 4.54.